The van der Waals surface area contributed by atoms with Gasteiger partial charge in [-0.3, -0.25) is 4.79 Å². The van der Waals surface area contributed by atoms with E-state index in [2.05, 4.69) is 15.0 Å². The van der Waals surface area contributed by atoms with Crippen LogP contribution in [0.1, 0.15) is 5.56 Å². The molecule has 0 fully saturated rings. The number of rotatable bonds is 5. The molecule has 0 radical (unpaired) electrons. The van der Waals surface area contributed by atoms with Gasteiger partial charge in [0.05, 0.1) is 13.1 Å². The van der Waals surface area contributed by atoms with Crippen LogP contribution in [0.5, 0.6) is 5.75 Å². The van der Waals surface area contributed by atoms with Crippen LogP contribution >= 0.6 is 0 Å². The van der Waals surface area contributed by atoms with Gasteiger partial charge in [-0.1, -0.05) is 12.1 Å². The third-order valence-corrected chi connectivity index (χ3v) is 2.51. The van der Waals surface area contributed by atoms with Crippen molar-refractivity contribution in [1.82, 2.24) is 10.2 Å². The van der Waals surface area contributed by atoms with Crippen molar-refractivity contribution >= 4 is 11.9 Å². The van der Waals surface area contributed by atoms with E-state index in [4.69, 9.17) is 5.73 Å². The first-order chi connectivity index (χ1) is 10.2. The molecule has 1 aromatic carbocycles. The molecule has 1 aromatic rings. The van der Waals surface area contributed by atoms with E-state index in [1.807, 2.05) is 0 Å². The number of amides is 1. The van der Waals surface area contributed by atoms with E-state index in [0.29, 0.717) is 5.56 Å². The van der Waals surface area contributed by atoms with Gasteiger partial charge in [-0.05, 0) is 17.7 Å². The Labute approximate surface area is 125 Å². The monoisotopic (exact) mass is 318 g/mol. The number of hydrogen-bond acceptors (Lipinski definition) is 3. The maximum atomic E-state index is 12.0. The SMILES string of the molecule is CN(C)C(=O)CNC(N)=NCc1ccc(OC(F)(F)F)cc1. The molecule has 1 amide bonds. The lowest BCUT2D eigenvalue weighted by Crippen LogP contribution is -2.40. The zero-order valence-corrected chi connectivity index (χ0v) is 12.1. The number of benzene rings is 1. The number of carbonyl (C=O) groups is 1. The highest BCUT2D eigenvalue weighted by atomic mass is 19.4. The highest BCUT2D eigenvalue weighted by Gasteiger charge is 2.30. The molecule has 0 bridgehead atoms. The molecule has 0 atom stereocenters. The summed E-state index contributed by atoms with van der Waals surface area (Å²) in [4.78, 5) is 16.7. The largest absolute Gasteiger partial charge is 0.573 e. The third-order valence-electron chi connectivity index (χ3n) is 2.51. The lowest BCUT2D eigenvalue weighted by molar-refractivity contribution is -0.274. The summed E-state index contributed by atoms with van der Waals surface area (Å²) in [6, 6.07) is 5.28. The predicted molar refractivity (Wildman–Crippen MR) is 75.1 cm³/mol. The fourth-order valence-electron chi connectivity index (χ4n) is 1.35. The van der Waals surface area contributed by atoms with Gasteiger partial charge in [-0.25, -0.2) is 4.99 Å². The quantitative estimate of drug-likeness (QED) is 0.629. The van der Waals surface area contributed by atoms with Gasteiger partial charge in [0, 0.05) is 14.1 Å². The highest BCUT2D eigenvalue weighted by molar-refractivity contribution is 5.85. The van der Waals surface area contributed by atoms with Gasteiger partial charge in [-0.2, -0.15) is 0 Å². The molecule has 0 aliphatic heterocycles. The first-order valence-electron chi connectivity index (χ1n) is 6.26. The number of halogens is 3. The molecule has 22 heavy (non-hydrogen) atoms. The maximum Gasteiger partial charge on any atom is 0.573 e. The number of hydrogen-bond donors (Lipinski definition) is 2. The van der Waals surface area contributed by atoms with Crippen LogP contribution in [-0.2, 0) is 11.3 Å². The van der Waals surface area contributed by atoms with Gasteiger partial charge >= 0.3 is 6.36 Å². The van der Waals surface area contributed by atoms with Crippen molar-refractivity contribution in [3.63, 3.8) is 0 Å². The van der Waals surface area contributed by atoms with Crippen LogP contribution < -0.4 is 15.8 Å². The highest BCUT2D eigenvalue weighted by Crippen LogP contribution is 2.22. The molecule has 0 aliphatic rings. The van der Waals surface area contributed by atoms with Gasteiger partial charge in [-0.15, -0.1) is 13.2 Å². The predicted octanol–water partition coefficient (Wildman–Crippen LogP) is 1.08. The number of ether oxygens (including phenoxy) is 1. The summed E-state index contributed by atoms with van der Waals surface area (Å²) in [6.07, 6.45) is -4.72. The second kappa shape index (κ2) is 7.53. The third kappa shape index (κ3) is 6.82. The molecule has 0 unspecified atom stereocenters. The summed E-state index contributed by atoms with van der Waals surface area (Å²) in [5, 5.41) is 2.64. The molecule has 0 saturated heterocycles. The normalized spacial score (nSPS) is 12.0. The zero-order chi connectivity index (χ0) is 16.8. The van der Waals surface area contributed by atoms with Crippen molar-refractivity contribution < 1.29 is 22.7 Å². The first-order valence-corrected chi connectivity index (χ1v) is 6.26. The molecule has 6 nitrogen and oxygen atoms in total. The van der Waals surface area contributed by atoms with E-state index in [9.17, 15) is 18.0 Å². The van der Waals surface area contributed by atoms with Crippen molar-refractivity contribution in [2.45, 2.75) is 12.9 Å². The van der Waals surface area contributed by atoms with Crippen LogP contribution in [0.15, 0.2) is 29.3 Å². The van der Waals surface area contributed by atoms with Gasteiger partial charge < -0.3 is 20.7 Å². The lowest BCUT2D eigenvalue weighted by atomic mass is 10.2. The summed E-state index contributed by atoms with van der Waals surface area (Å²) in [5.41, 5.74) is 6.23. The summed E-state index contributed by atoms with van der Waals surface area (Å²) in [7, 11) is 3.23. The van der Waals surface area contributed by atoms with Crippen molar-refractivity contribution in [1.29, 1.82) is 0 Å². The van der Waals surface area contributed by atoms with Gasteiger partial charge in [0.2, 0.25) is 5.91 Å². The summed E-state index contributed by atoms with van der Waals surface area (Å²) in [5.74, 6) is -0.388. The molecule has 122 valence electrons. The van der Waals surface area contributed by atoms with Crippen LogP contribution in [0, 0.1) is 0 Å². The topological polar surface area (TPSA) is 80.0 Å². The molecule has 0 saturated carbocycles. The summed E-state index contributed by atoms with van der Waals surface area (Å²) < 4.78 is 39.8. The van der Waals surface area contributed by atoms with Crippen LogP contribution in [-0.4, -0.2) is 43.8 Å². The van der Waals surface area contributed by atoms with Crippen LogP contribution in [0.3, 0.4) is 0 Å². The van der Waals surface area contributed by atoms with E-state index in [-0.39, 0.29) is 30.7 Å². The number of nitrogens with one attached hydrogen (secondary N) is 1. The fraction of sp³-hybridized carbons (Fsp3) is 0.385. The summed E-state index contributed by atoms with van der Waals surface area (Å²) in [6.45, 7) is 0.183. The van der Waals surface area contributed by atoms with Crippen LogP contribution in [0.25, 0.3) is 0 Å². The summed E-state index contributed by atoms with van der Waals surface area (Å²) >= 11 is 0. The van der Waals surface area contributed by atoms with Crippen molar-refractivity contribution in [2.75, 3.05) is 20.6 Å². The van der Waals surface area contributed by atoms with Gasteiger partial charge in [0.25, 0.3) is 0 Å². The average molecular weight is 318 g/mol. The minimum absolute atomic E-state index is 0.0146. The van der Waals surface area contributed by atoms with E-state index < -0.39 is 6.36 Å². The number of guanidine groups is 1. The molecular formula is C13H17F3N4O2. The molecular weight excluding hydrogens is 301 g/mol. The van der Waals surface area contributed by atoms with E-state index in [0.717, 1.165) is 0 Å². The lowest BCUT2D eigenvalue weighted by Gasteiger charge is -2.11. The van der Waals surface area contributed by atoms with Crippen molar-refractivity contribution in [3.05, 3.63) is 29.8 Å². The van der Waals surface area contributed by atoms with Gasteiger partial charge in [0.15, 0.2) is 5.96 Å². The Bertz CT molecular complexity index is 527. The second-order valence-electron chi connectivity index (χ2n) is 4.53. The number of carbonyl (C=O) groups excluding carboxylic acids is 1. The Kier molecular flexibility index (Phi) is 6.02. The number of aliphatic imine (C=N–C) groups is 1. The number of nitrogens with zero attached hydrogens (tertiary/aromatic N) is 2. The smallest absolute Gasteiger partial charge is 0.406 e. The number of likely N-dealkylation sites (N-methyl/N-ethyl adjacent to an activating group) is 1. The molecule has 0 aromatic heterocycles. The van der Waals surface area contributed by atoms with E-state index in [1.165, 1.54) is 29.2 Å². The molecule has 9 heteroatoms. The van der Waals surface area contributed by atoms with E-state index in [1.54, 1.807) is 14.1 Å². The minimum Gasteiger partial charge on any atom is -0.406 e. The zero-order valence-electron chi connectivity index (χ0n) is 12.1. The maximum absolute atomic E-state index is 12.0. The number of nitrogens with two attached hydrogens (primary N) is 1. The molecule has 1 rings (SSSR count). The molecule has 0 aliphatic carbocycles. The van der Waals surface area contributed by atoms with Gasteiger partial charge in [0.1, 0.15) is 5.75 Å². The Morgan fingerprint density at radius 2 is 1.91 bits per heavy atom. The minimum atomic E-state index is -4.72. The Morgan fingerprint density at radius 1 is 1.32 bits per heavy atom. The Balaban J connectivity index is 2.50. The van der Waals surface area contributed by atoms with Crippen LogP contribution in [0.2, 0.25) is 0 Å². The fourth-order valence-corrected chi connectivity index (χ4v) is 1.35. The Morgan fingerprint density at radius 3 is 2.41 bits per heavy atom. The second-order valence-corrected chi connectivity index (χ2v) is 4.53. The van der Waals surface area contributed by atoms with Crippen LogP contribution in [0.4, 0.5) is 13.2 Å². The Hall–Kier alpha value is -2.45. The number of alkyl halides is 3. The standard InChI is InChI=1S/C13H17F3N4O2/c1-20(2)11(21)8-19-12(17)18-7-9-3-5-10(6-4-9)22-13(14,15)16/h3-6H,7-8H2,1-2H3,(H3,17,18,19). The first kappa shape index (κ1) is 17.6. The molecule has 0 heterocycles. The molecule has 3 N–H and O–H groups in total. The average Bonchev–Trinajstić information content (AvgIpc) is 2.42. The van der Waals surface area contributed by atoms with E-state index >= 15 is 0 Å². The molecule has 0 spiro atoms. The van der Waals surface area contributed by atoms with Crippen molar-refractivity contribution in [2.24, 2.45) is 10.7 Å². The van der Waals surface area contributed by atoms with Crippen molar-refractivity contribution in [3.8, 4) is 5.75 Å².